The van der Waals surface area contributed by atoms with Gasteiger partial charge in [0.25, 0.3) is 0 Å². The minimum atomic E-state index is -0.952. The Labute approximate surface area is 215 Å². The predicted octanol–water partition coefficient (Wildman–Crippen LogP) is 5.87. The average molecular weight is 505 g/mol. The Morgan fingerprint density at radius 2 is 1.15 bits per heavy atom. The molecule has 0 aromatic carbocycles. The quantitative estimate of drug-likeness (QED) is 0.251. The number of nitrogens with one attached hydrogen (secondary N) is 2. The van der Waals surface area contributed by atoms with Crippen molar-refractivity contribution in [1.29, 1.82) is 0 Å². The topological polar surface area (TPSA) is 75.3 Å². The molecule has 0 saturated heterocycles. The van der Waals surface area contributed by atoms with Crippen LogP contribution < -0.4 is 10.6 Å². The van der Waals surface area contributed by atoms with E-state index < -0.39 is 21.1 Å². The molecule has 0 fully saturated rings. The first-order valence-electron chi connectivity index (χ1n) is 11.9. The second kappa shape index (κ2) is 12.9. The lowest BCUT2D eigenvalue weighted by Gasteiger charge is -2.39. The summed E-state index contributed by atoms with van der Waals surface area (Å²) in [5.41, 5.74) is -2.27. The van der Waals surface area contributed by atoms with E-state index in [0.29, 0.717) is 25.2 Å². The minimum Gasteiger partial charge on any atom is -0.351 e. The van der Waals surface area contributed by atoms with Crippen LogP contribution in [0.25, 0.3) is 0 Å². The molecule has 2 N–H and O–H groups in total. The second-order valence-electron chi connectivity index (χ2n) is 12.4. The molecule has 0 radical (unpaired) electrons. The van der Waals surface area contributed by atoms with E-state index in [4.69, 9.17) is 0 Å². The zero-order valence-electron chi connectivity index (χ0n) is 23.5. The molecule has 0 aliphatic heterocycles. The van der Waals surface area contributed by atoms with E-state index in [2.05, 4.69) is 49.7 Å². The first-order chi connectivity index (χ1) is 14.6. The maximum Gasteiger partial charge on any atom is 0.236 e. The van der Waals surface area contributed by atoms with Crippen LogP contribution in [0.1, 0.15) is 109 Å². The summed E-state index contributed by atoms with van der Waals surface area (Å²) in [4.78, 5) is 38.4. The van der Waals surface area contributed by atoms with Crippen molar-refractivity contribution in [2.75, 3.05) is 6.26 Å². The summed E-state index contributed by atoms with van der Waals surface area (Å²) in [5.74, 6) is 0.344. The fourth-order valence-electron chi connectivity index (χ4n) is 4.74. The zero-order chi connectivity index (χ0) is 27.1. The van der Waals surface area contributed by atoms with Crippen molar-refractivity contribution in [1.82, 2.24) is 10.6 Å². The third-order valence-electron chi connectivity index (χ3n) is 5.67. The van der Waals surface area contributed by atoms with Gasteiger partial charge in [-0.1, -0.05) is 48.5 Å². The summed E-state index contributed by atoms with van der Waals surface area (Å²) in [6.07, 6.45) is 3.84. The Morgan fingerprint density at radius 3 is 1.55 bits per heavy atom. The summed E-state index contributed by atoms with van der Waals surface area (Å²) in [6.45, 7) is 23.3. The molecule has 1 unspecified atom stereocenters. The lowest BCUT2D eigenvalue weighted by atomic mass is 9.71. The Balaban J connectivity index is 0. The standard InChI is InChI=1S/C25H48N2O3S.CH4S/c1-13-18(28)21(4,5)15-22(6,7)19(29)26-24(10,11)16-25(12,31)20(30)27-23(8,9)14-17(2)3;1-2/h17,31H,13-16H2,1-12H3,(H,26,29)(H,27,30);2H,1H3. The van der Waals surface area contributed by atoms with Crippen LogP contribution in [0.3, 0.4) is 0 Å². The third kappa shape index (κ3) is 12.5. The van der Waals surface area contributed by atoms with E-state index in [-0.39, 0.29) is 23.1 Å². The first kappa shape index (κ1) is 34.5. The molecule has 0 saturated carbocycles. The summed E-state index contributed by atoms with van der Waals surface area (Å²) in [5, 5.41) is 6.22. The molecule has 0 aliphatic carbocycles. The molecule has 0 bridgehead atoms. The molecular formula is C26H52N2O3S2. The van der Waals surface area contributed by atoms with E-state index in [1.165, 1.54) is 0 Å². The second-order valence-corrected chi connectivity index (χ2v) is 13.4. The number of hydrogen-bond donors (Lipinski definition) is 4. The summed E-state index contributed by atoms with van der Waals surface area (Å²) in [6, 6.07) is 0. The van der Waals surface area contributed by atoms with Crippen molar-refractivity contribution >= 4 is 42.9 Å². The van der Waals surface area contributed by atoms with E-state index in [1.807, 2.05) is 62.3 Å². The van der Waals surface area contributed by atoms with Gasteiger partial charge in [0.05, 0.1) is 4.75 Å². The average Bonchev–Trinajstić information content (AvgIpc) is 2.58. The van der Waals surface area contributed by atoms with Gasteiger partial charge < -0.3 is 10.6 Å². The monoisotopic (exact) mass is 504 g/mol. The number of carbonyl (C=O) groups is 3. The van der Waals surface area contributed by atoms with Crippen LogP contribution in [0.15, 0.2) is 0 Å². The molecular weight excluding hydrogens is 452 g/mol. The van der Waals surface area contributed by atoms with Crippen molar-refractivity contribution in [2.45, 2.75) is 125 Å². The summed E-state index contributed by atoms with van der Waals surface area (Å²) >= 11 is 8.20. The third-order valence-corrected chi connectivity index (χ3v) is 6.03. The van der Waals surface area contributed by atoms with Crippen molar-refractivity contribution in [2.24, 2.45) is 16.7 Å². The van der Waals surface area contributed by atoms with Crippen LogP contribution in [0, 0.1) is 16.7 Å². The van der Waals surface area contributed by atoms with Crippen LogP contribution >= 0.6 is 25.3 Å². The van der Waals surface area contributed by atoms with E-state index >= 15 is 0 Å². The Bertz CT molecular complexity index is 666. The van der Waals surface area contributed by atoms with Crippen LogP contribution in [0.5, 0.6) is 0 Å². The van der Waals surface area contributed by atoms with Crippen molar-refractivity contribution in [3.05, 3.63) is 0 Å². The molecule has 2 amide bonds. The largest absolute Gasteiger partial charge is 0.351 e. The molecule has 5 nitrogen and oxygen atoms in total. The van der Waals surface area contributed by atoms with Gasteiger partial charge in [0.15, 0.2) is 0 Å². The lowest BCUT2D eigenvalue weighted by Crippen LogP contribution is -2.57. The lowest BCUT2D eigenvalue weighted by molar-refractivity contribution is -0.136. The van der Waals surface area contributed by atoms with Crippen LogP contribution in [-0.2, 0) is 14.4 Å². The Hall–Kier alpha value is -0.690. The minimum absolute atomic E-state index is 0.126. The fraction of sp³-hybridized carbons (Fsp3) is 0.885. The van der Waals surface area contributed by atoms with Gasteiger partial charge in [-0.3, -0.25) is 14.4 Å². The van der Waals surface area contributed by atoms with E-state index in [0.717, 1.165) is 6.42 Å². The first-order valence-corrected chi connectivity index (χ1v) is 13.3. The fourth-order valence-corrected chi connectivity index (χ4v) is 5.19. The summed E-state index contributed by atoms with van der Waals surface area (Å²) in [7, 11) is 0. The Kier molecular flexibility index (Phi) is 13.4. The Morgan fingerprint density at radius 1 is 0.727 bits per heavy atom. The number of Topliss-reactive ketones (excluding diaryl/α,β-unsaturated/α-hetero) is 1. The zero-order valence-corrected chi connectivity index (χ0v) is 25.3. The molecule has 0 aliphatic rings. The van der Waals surface area contributed by atoms with Gasteiger partial charge in [0.1, 0.15) is 5.78 Å². The van der Waals surface area contributed by atoms with Gasteiger partial charge in [-0.15, -0.1) is 0 Å². The number of thiol groups is 2. The van der Waals surface area contributed by atoms with Crippen LogP contribution in [0.2, 0.25) is 0 Å². The molecule has 7 heteroatoms. The van der Waals surface area contributed by atoms with E-state index in [1.54, 1.807) is 13.2 Å². The van der Waals surface area contributed by atoms with Gasteiger partial charge in [-0.05, 0) is 66.1 Å². The highest BCUT2D eigenvalue weighted by Crippen LogP contribution is 2.36. The highest BCUT2D eigenvalue weighted by atomic mass is 32.1. The number of carbonyl (C=O) groups excluding carboxylic acids is 3. The summed E-state index contributed by atoms with van der Waals surface area (Å²) < 4.78 is -0.952. The number of amides is 2. The van der Waals surface area contributed by atoms with Gasteiger partial charge in [-0.2, -0.15) is 25.3 Å². The molecule has 1 atom stereocenters. The highest BCUT2D eigenvalue weighted by molar-refractivity contribution is 7.82. The number of hydrogen-bond acceptors (Lipinski definition) is 5. The van der Waals surface area contributed by atoms with Crippen molar-refractivity contribution < 1.29 is 14.4 Å². The SMILES string of the molecule is CCC(=O)C(C)(C)CC(C)(C)C(=O)NC(C)(C)CC(C)(S)C(=O)NC(C)(C)CC(C)C.CS. The molecule has 196 valence electrons. The predicted molar refractivity (Wildman–Crippen MR) is 148 cm³/mol. The molecule has 0 spiro atoms. The molecule has 0 heterocycles. The van der Waals surface area contributed by atoms with Gasteiger partial charge in [0, 0.05) is 28.3 Å². The smallest absolute Gasteiger partial charge is 0.236 e. The van der Waals surface area contributed by atoms with E-state index in [9.17, 15) is 14.4 Å². The van der Waals surface area contributed by atoms with Crippen molar-refractivity contribution in [3.8, 4) is 0 Å². The normalized spacial score (nSPS) is 14.7. The number of rotatable bonds is 12. The number of ketones is 1. The maximum atomic E-state index is 13.1. The molecule has 0 aromatic heterocycles. The molecule has 0 aromatic rings. The van der Waals surface area contributed by atoms with Crippen molar-refractivity contribution in [3.63, 3.8) is 0 Å². The highest BCUT2D eigenvalue weighted by Gasteiger charge is 2.42. The van der Waals surface area contributed by atoms with Crippen LogP contribution in [0.4, 0.5) is 0 Å². The van der Waals surface area contributed by atoms with Crippen LogP contribution in [-0.4, -0.2) is 39.7 Å². The maximum absolute atomic E-state index is 13.1. The van der Waals surface area contributed by atoms with Gasteiger partial charge in [0.2, 0.25) is 11.8 Å². The molecule has 33 heavy (non-hydrogen) atoms. The van der Waals surface area contributed by atoms with Gasteiger partial charge in [-0.25, -0.2) is 0 Å². The molecule has 0 rings (SSSR count). The van der Waals surface area contributed by atoms with Gasteiger partial charge >= 0.3 is 0 Å².